The largest absolute Gasteiger partial charge is 0.392 e. The van der Waals surface area contributed by atoms with Crippen LogP contribution < -0.4 is 0 Å². The average Bonchev–Trinajstić information content (AvgIpc) is 2.46. The normalized spacial score (nSPS) is 10.5. The molecule has 0 aliphatic heterocycles. The minimum Gasteiger partial charge on any atom is -0.358 e. The predicted octanol–water partition coefficient (Wildman–Crippen LogP) is 1.29. The molecular weight excluding hydrogens is 196 g/mol. The Hall–Kier alpha value is -1.69. The molecule has 2 aromatic heterocycles. The van der Waals surface area contributed by atoms with Gasteiger partial charge in [-0.2, -0.15) is 0 Å². The van der Waals surface area contributed by atoms with E-state index in [0.29, 0.717) is 5.65 Å². The Labute approximate surface area is 76.9 Å². The molecule has 0 bridgehead atoms. The standard InChI is InChI=1S/C6H3ClN4O2/c7-4-1-2-10-5(8-4)3-6(9-10)11(12)13/h1-3H. The lowest BCUT2D eigenvalue weighted by molar-refractivity contribution is -0.389. The summed E-state index contributed by atoms with van der Waals surface area (Å²) in [5, 5.41) is 14.3. The van der Waals surface area contributed by atoms with Gasteiger partial charge in [-0.05, 0) is 11.0 Å². The number of hydrogen-bond donors (Lipinski definition) is 0. The van der Waals surface area contributed by atoms with Gasteiger partial charge in [0, 0.05) is 0 Å². The van der Waals surface area contributed by atoms with E-state index >= 15 is 0 Å². The fourth-order valence-corrected chi connectivity index (χ4v) is 1.08. The van der Waals surface area contributed by atoms with Gasteiger partial charge in [0.05, 0.1) is 17.4 Å². The van der Waals surface area contributed by atoms with Crippen LogP contribution in [-0.2, 0) is 0 Å². The van der Waals surface area contributed by atoms with Crippen LogP contribution in [0.4, 0.5) is 5.82 Å². The first-order valence-electron chi connectivity index (χ1n) is 3.33. The summed E-state index contributed by atoms with van der Waals surface area (Å²) in [6.45, 7) is 0. The van der Waals surface area contributed by atoms with E-state index in [9.17, 15) is 10.1 Å². The molecule has 0 aliphatic carbocycles. The summed E-state index contributed by atoms with van der Waals surface area (Å²) in [4.78, 5) is 13.6. The second kappa shape index (κ2) is 2.67. The van der Waals surface area contributed by atoms with Gasteiger partial charge in [0.15, 0.2) is 5.65 Å². The number of fused-ring (bicyclic) bond motifs is 1. The van der Waals surface area contributed by atoms with Crippen LogP contribution in [-0.4, -0.2) is 19.5 Å². The SMILES string of the molecule is O=[N+]([O-])c1cc2nc(Cl)ccn2n1. The molecule has 0 saturated heterocycles. The van der Waals surface area contributed by atoms with E-state index in [-0.39, 0.29) is 11.0 Å². The van der Waals surface area contributed by atoms with E-state index in [0.717, 1.165) is 0 Å². The topological polar surface area (TPSA) is 73.3 Å². The van der Waals surface area contributed by atoms with Gasteiger partial charge < -0.3 is 10.1 Å². The average molecular weight is 199 g/mol. The van der Waals surface area contributed by atoms with Crippen LogP contribution in [0.25, 0.3) is 5.65 Å². The van der Waals surface area contributed by atoms with Gasteiger partial charge in [-0.25, -0.2) is 4.98 Å². The minimum absolute atomic E-state index is 0.241. The molecule has 66 valence electrons. The zero-order valence-electron chi connectivity index (χ0n) is 6.22. The molecule has 6 nitrogen and oxygen atoms in total. The monoisotopic (exact) mass is 198 g/mol. The minimum atomic E-state index is -0.581. The molecule has 2 rings (SSSR count). The highest BCUT2D eigenvalue weighted by molar-refractivity contribution is 6.29. The Morgan fingerprint density at radius 2 is 2.38 bits per heavy atom. The van der Waals surface area contributed by atoms with Crippen molar-refractivity contribution in [3.8, 4) is 0 Å². The highest BCUT2D eigenvalue weighted by Crippen LogP contribution is 2.13. The van der Waals surface area contributed by atoms with Crippen LogP contribution in [0.2, 0.25) is 5.15 Å². The van der Waals surface area contributed by atoms with Crippen molar-refractivity contribution in [2.45, 2.75) is 0 Å². The zero-order chi connectivity index (χ0) is 9.42. The van der Waals surface area contributed by atoms with E-state index in [1.165, 1.54) is 22.8 Å². The highest BCUT2D eigenvalue weighted by Gasteiger charge is 2.13. The molecule has 0 radical (unpaired) electrons. The molecule has 0 N–H and O–H groups in total. The molecule has 7 heteroatoms. The van der Waals surface area contributed by atoms with Crippen molar-refractivity contribution in [1.82, 2.24) is 14.6 Å². The molecule has 0 amide bonds. The quantitative estimate of drug-likeness (QED) is 0.393. The lowest BCUT2D eigenvalue weighted by Crippen LogP contribution is -1.90. The summed E-state index contributed by atoms with van der Waals surface area (Å²) in [7, 11) is 0. The first-order valence-corrected chi connectivity index (χ1v) is 3.71. The second-order valence-electron chi connectivity index (χ2n) is 2.31. The van der Waals surface area contributed by atoms with Crippen molar-refractivity contribution >= 4 is 23.1 Å². The lowest BCUT2D eigenvalue weighted by Gasteiger charge is -1.86. The fourth-order valence-electron chi connectivity index (χ4n) is 0.933. The van der Waals surface area contributed by atoms with Gasteiger partial charge in [-0.15, -0.1) is 4.52 Å². The summed E-state index contributed by atoms with van der Waals surface area (Å²) < 4.78 is 1.30. The number of nitrogens with zero attached hydrogens (tertiary/aromatic N) is 4. The molecule has 13 heavy (non-hydrogen) atoms. The maximum Gasteiger partial charge on any atom is 0.392 e. The molecule has 0 fully saturated rings. The summed E-state index contributed by atoms with van der Waals surface area (Å²) in [5.41, 5.74) is 0.360. The van der Waals surface area contributed by atoms with Gasteiger partial charge in [0.2, 0.25) is 0 Å². The van der Waals surface area contributed by atoms with Crippen molar-refractivity contribution in [2.75, 3.05) is 0 Å². The summed E-state index contributed by atoms with van der Waals surface area (Å²) >= 11 is 5.59. The van der Waals surface area contributed by atoms with Crippen LogP contribution in [0.3, 0.4) is 0 Å². The molecule has 0 aliphatic rings. The number of nitro groups is 1. The first kappa shape index (κ1) is 7.93. The highest BCUT2D eigenvalue weighted by atomic mass is 35.5. The summed E-state index contributed by atoms with van der Waals surface area (Å²) in [6, 6.07) is 2.76. The van der Waals surface area contributed by atoms with Crippen molar-refractivity contribution < 1.29 is 4.92 Å². The molecule has 0 saturated carbocycles. The van der Waals surface area contributed by atoms with Gasteiger partial charge in [0.25, 0.3) is 0 Å². The van der Waals surface area contributed by atoms with Crippen molar-refractivity contribution in [3.63, 3.8) is 0 Å². The maximum absolute atomic E-state index is 10.3. The summed E-state index contributed by atoms with van der Waals surface area (Å²) in [5.74, 6) is -0.241. The van der Waals surface area contributed by atoms with Gasteiger partial charge in [-0.1, -0.05) is 11.6 Å². The van der Waals surface area contributed by atoms with E-state index in [1.54, 1.807) is 0 Å². The lowest BCUT2D eigenvalue weighted by atomic mass is 10.6. The van der Waals surface area contributed by atoms with Gasteiger partial charge >= 0.3 is 5.82 Å². The zero-order valence-corrected chi connectivity index (χ0v) is 6.97. The Morgan fingerprint density at radius 1 is 1.62 bits per heavy atom. The van der Waals surface area contributed by atoms with Crippen LogP contribution in [0.5, 0.6) is 0 Å². The smallest absolute Gasteiger partial charge is 0.358 e. The van der Waals surface area contributed by atoms with Crippen molar-refractivity contribution in [1.29, 1.82) is 0 Å². The predicted molar refractivity (Wildman–Crippen MR) is 44.7 cm³/mol. The third-order valence-corrected chi connectivity index (χ3v) is 1.68. The summed E-state index contributed by atoms with van der Waals surface area (Å²) in [6.07, 6.45) is 1.51. The van der Waals surface area contributed by atoms with E-state index in [2.05, 4.69) is 10.1 Å². The first-order chi connectivity index (χ1) is 6.16. The number of halogens is 1. The van der Waals surface area contributed by atoms with Crippen LogP contribution in [0, 0.1) is 10.1 Å². The van der Waals surface area contributed by atoms with Gasteiger partial charge in [0.1, 0.15) is 5.15 Å². The molecule has 2 heterocycles. The van der Waals surface area contributed by atoms with E-state index in [1.807, 2.05) is 0 Å². The van der Waals surface area contributed by atoms with Crippen molar-refractivity contribution in [3.05, 3.63) is 33.6 Å². The third kappa shape index (κ3) is 1.31. The number of aromatic nitrogens is 3. The Kier molecular flexibility index (Phi) is 1.63. The van der Waals surface area contributed by atoms with E-state index in [4.69, 9.17) is 11.6 Å². The molecule has 0 aromatic carbocycles. The van der Waals surface area contributed by atoms with Gasteiger partial charge in [-0.3, -0.25) is 0 Å². The second-order valence-corrected chi connectivity index (χ2v) is 2.70. The molecule has 0 spiro atoms. The number of hydrogen-bond acceptors (Lipinski definition) is 4. The fraction of sp³-hybridized carbons (Fsp3) is 0. The van der Waals surface area contributed by atoms with Crippen LogP contribution in [0.1, 0.15) is 0 Å². The molecule has 0 atom stereocenters. The van der Waals surface area contributed by atoms with Crippen LogP contribution in [0.15, 0.2) is 18.3 Å². The molecule has 2 aromatic rings. The Morgan fingerprint density at radius 3 is 3.08 bits per heavy atom. The van der Waals surface area contributed by atoms with E-state index < -0.39 is 4.92 Å². The third-order valence-electron chi connectivity index (χ3n) is 1.46. The Balaban J connectivity index is 2.68. The maximum atomic E-state index is 10.3. The van der Waals surface area contributed by atoms with Crippen molar-refractivity contribution in [2.24, 2.45) is 0 Å². The molecule has 0 unspecified atom stereocenters. The molecular formula is C6H3ClN4O2. The number of rotatable bonds is 1. The van der Waals surface area contributed by atoms with Crippen LogP contribution >= 0.6 is 11.6 Å². The Bertz CT molecular complexity index is 480.